The lowest BCUT2D eigenvalue weighted by atomic mass is 9.63. The number of nitrogens with one attached hydrogen (secondary N) is 1. The van der Waals surface area contributed by atoms with Crippen LogP contribution in [0.1, 0.15) is 42.3 Å². The lowest BCUT2D eigenvalue weighted by Gasteiger charge is -2.38. The number of hydrogen-bond acceptors (Lipinski definition) is 5. The molecular formula is C32H30N2O4. The molecule has 3 aromatic rings. The maximum atomic E-state index is 14.6. The third-order valence-electron chi connectivity index (χ3n) is 8.21. The van der Waals surface area contributed by atoms with E-state index < -0.39 is 28.8 Å². The number of Topliss-reactive ketones (excluding diaryl/α,β-unsaturated/α-hetero) is 2. The normalized spacial score (nSPS) is 25.0. The number of para-hydroxylation sites is 2. The average Bonchev–Trinajstić information content (AvgIpc) is 3.40. The minimum Gasteiger partial charge on any atom is -0.497 e. The Morgan fingerprint density at radius 1 is 0.947 bits per heavy atom. The van der Waals surface area contributed by atoms with Crippen molar-refractivity contribution in [1.82, 2.24) is 0 Å². The fourth-order valence-corrected chi connectivity index (χ4v) is 6.50. The number of amides is 1. The molecule has 6 heteroatoms. The summed E-state index contributed by atoms with van der Waals surface area (Å²) in [5, 5.41) is 3.06. The standard InChI is InChI=1S/C32H30N2O4/c1-31(2,3)29(36)27-26(28(35)20-13-16-21(38-4)17-14-20)32(22-10-6-7-11-23(22)33-30(32)37)25-18-15-19-9-5-8-12-24(19)34(25)27/h5-18,25-27H,1-4H3,(H,33,37)/t25-,26-,27+,32-/m1/s1. The molecule has 3 aliphatic rings. The minimum atomic E-state index is -1.29. The molecule has 3 aliphatic heterocycles. The Balaban J connectivity index is 1.66. The molecule has 1 spiro atoms. The number of methoxy groups -OCH3 is 1. The Morgan fingerprint density at radius 2 is 1.63 bits per heavy atom. The Hall–Kier alpha value is -4.19. The Labute approximate surface area is 222 Å². The predicted octanol–water partition coefficient (Wildman–Crippen LogP) is 5.28. The van der Waals surface area contributed by atoms with Gasteiger partial charge in [0.15, 0.2) is 11.6 Å². The van der Waals surface area contributed by atoms with E-state index in [2.05, 4.69) is 5.32 Å². The minimum absolute atomic E-state index is 0.0754. The largest absolute Gasteiger partial charge is 0.497 e. The van der Waals surface area contributed by atoms with Gasteiger partial charge in [-0.1, -0.05) is 69.3 Å². The Kier molecular flexibility index (Phi) is 5.35. The zero-order chi connectivity index (χ0) is 26.8. The van der Waals surface area contributed by atoms with Crippen molar-refractivity contribution in [3.05, 3.63) is 95.6 Å². The van der Waals surface area contributed by atoms with Crippen LogP contribution in [-0.4, -0.2) is 36.7 Å². The molecule has 4 atom stereocenters. The quantitative estimate of drug-likeness (QED) is 0.487. The average molecular weight is 507 g/mol. The number of rotatable bonds is 4. The van der Waals surface area contributed by atoms with Gasteiger partial charge >= 0.3 is 0 Å². The van der Waals surface area contributed by atoms with Gasteiger partial charge in [-0.05, 0) is 47.5 Å². The molecule has 0 bridgehead atoms. The summed E-state index contributed by atoms with van der Waals surface area (Å²) in [6.45, 7) is 5.62. The van der Waals surface area contributed by atoms with Crippen molar-refractivity contribution in [3.8, 4) is 5.75 Å². The first-order valence-electron chi connectivity index (χ1n) is 12.9. The molecule has 1 saturated heterocycles. The summed E-state index contributed by atoms with van der Waals surface area (Å²) in [5.41, 5.74) is 1.64. The van der Waals surface area contributed by atoms with E-state index in [9.17, 15) is 14.4 Å². The molecule has 0 aliphatic carbocycles. The smallest absolute Gasteiger partial charge is 0.238 e. The van der Waals surface area contributed by atoms with Gasteiger partial charge in [-0.15, -0.1) is 0 Å². The maximum Gasteiger partial charge on any atom is 0.238 e. The van der Waals surface area contributed by atoms with Crippen molar-refractivity contribution in [2.75, 3.05) is 17.3 Å². The maximum absolute atomic E-state index is 14.6. The molecule has 1 amide bonds. The molecule has 6 rings (SSSR count). The third kappa shape index (κ3) is 3.22. The number of carbonyl (C=O) groups is 3. The van der Waals surface area contributed by atoms with Crippen LogP contribution in [0.2, 0.25) is 0 Å². The molecule has 0 radical (unpaired) electrons. The molecule has 3 aromatic carbocycles. The molecular weight excluding hydrogens is 476 g/mol. The van der Waals surface area contributed by atoms with Crippen LogP contribution in [0.15, 0.2) is 78.9 Å². The molecule has 0 unspecified atom stereocenters. The van der Waals surface area contributed by atoms with Gasteiger partial charge in [0.05, 0.1) is 19.1 Å². The number of carbonyl (C=O) groups excluding carboxylic acids is 3. The van der Waals surface area contributed by atoms with Crippen LogP contribution in [-0.2, 0) is 15.0 Å². The van der Waals surface area contributed by atoms with E-state index >= 15 is 0 Å². The lowest BCUT2D eigenvalue weighted by molar-refractivity contribution is -0.128. The summed E-state index contributed by atoms with van der Waals surface area (Å²) < 4.78 is 5.30. The van der Waals surface area contributed by atoms with Crippen LogP contribution in [0.5, 0.6) is 5.75 Å². The number of ketones is 2. The number of benzene rings is 3. The molecule has 0 saturated carbocycles. The van der Waals surface area contributed by atoms with Gasteiger partial charge in [0.1, 0.15) is 17.2 Å². The lowest BCUT2D eigenvalue weighted by Crippen LogP contribution is -2.51. The fraction of sp³-hybridized carbons (Fsp3) is 0.281. The number of fused-ring (bicyclic) bond motifs is 6. The van der Waals surface area contributed by atoms with Gasteiger partial charge in [-0.3, -0.25) is 14.4 Å². The molecule has 6 nitrogen and oxygen atoms in total. The van der Waals surface area contributed by atoms with E-state index in [4.69, 9.17) is 4.74 Å². The highest BCUT2D eigenvalue weighted by Crippen LogP contribution is 2.58. The second-order valence-corrected chi connectivity index (χ2v) is 11.3. The van der Waals surface area contributed by atoms with Crippen LogP contribution in [0.4, 0.5) is 11.4 Å². The second kappa shape index (κ2) is 8.42. The van der Waals surface area contributed by atoms with Crippen molar-refractivity contribution in [1.29, 1.82) is 0 Å². The first-order chi connectivity index (χ1) is 18.2. The van der Waals surface area contributed by atoms with Gasteiger partial charge in [0, 0.05) is 22.4 Å². The van der Waals surface area contributed by atoms with Gasteiger partial charge in [-0.25, -0.2) is 0 Å². The summed E-state index contributed by atoms with van der Waals surface area (Å²) in [4.78, 5) is 45.3. The van der Waals surface area contributed by atoms with Crippen LogP contribution < -0.4 is 15.0 Å². The van der Waals surface area contributed by atoms with E-state index in [0.717, 1.165) is 16.8 Å². The van der Waals surface area contributed by atoms with Gasteiger partial charge in [0.2, 0.25) is 5.91 Å². The van der Waals surface area contributed by atoms with Crippen molar-refractivity contribution in [2.45, 2.75) is 38.3 Å². The highest BCUT2D eigenvalue weighted by molar-refractivity contribution is 6.17. The zero-order valence-electron chi connectivity index (χ0n) is 21.9. The van der Waals surface area contributed by atoms with E-state index in [1.165, 1.54) is 0 Å². The number of anilines is 2. The van der Waals surface area contributed by atoms with E-state index in [-0.39, 0.29) is 17.5 Å². The highest BCUT2D eigenvalue weighted by Gasteiger charge is 2.70. The molecule has 1 N–H and O–H groups in total. The Bertz CT molecular complexity index is 1500. The Morgan fingerprint density at radius 3 is 2.34 bits per heavy atom. The summed E-state index contributed by atoms with van der Waals surface area (Å²) in [6, 6.07) is 20.9. The van der Waals surface area contributed by atoms with Crippen molar-refractivity contribution in [3.63, 3.8) is 0 Å². The van der Waals surface area contributed by atoms with E-state index in [0.29, 0.717) is 17.0 Å². The number of ether oxygens (including phenoxy) is 1. The van der Waals surface area contributed by atoms with Crippen LogP contribution in [0.3, 0.4) is 0 Å². The van der Waals surface area contributed by atoms with Crippen LogP contribution >= 0.6 is 0 Å². The summed E-state index contributed by atoms with van der Waals surface area (Å²) >= 11 is 0. The van der Waals surface area contributed by atoms with Crippen LogP contribution in [0, 0.1) is 11.3 Å². The fourth-order valence-electron chi connectivity index (χ4n) is 6.50. The first kappa shape index (κ1) is 24.2. The SMILES string of the molecule is COc1ccc(C(=O)[C@H]2[C@@H](C(=O)C(C)(C)C)N3c4ccccc4C=C[C@@H]3[C@@]23C(=O)Nc2ccccc23)cc1. The number of nitrogens with zero attached hydrogens (tertiary/aromatic N) is 1. The van der Waals surface area contributed by atoms with Gasteiger partial charge in [0.25, 0.3) is 0 Å². The highest BCUT2D eigenvalue weighted by atomic mass is 16.5. The third-order valence-corrected chi connectivity index (χ3v) is 8.21. The van der Waals surface area contributed by atoms with Gasteiger partial charge in [-0.2, -0.15) is 0 Å². The topological polar surface area (TPSA) is 75.7 Å². The molecule has 38 heavy (non-hydrogen) atoms. The first-order valence-corrected chi connectivity index (χ1v) is 12.9. The molecule has 3 heterocycles. The predicted molar refractivity (Wildman–Crippen MR) is 148 cm³/mol. The second-order valence-electron chi connectivity index (χ2n) is 11.3. The van der Waals surface area contributed by atoms with Crippen LogP contribution in [0.25, 0.3) is 6.08 Å². The number of hydrogen-bond donors (Lipinski definition) is 1. The summed E-state index contributed by atoms with van der Waals surface area (Å²) in [6.07, 6.45) is 4.00. The van der Waals surface area contributed by atoms with Crippen molar-refractivity contribution in [2.24, 2.45) is 11.3 Å². The van der Waals surface area contributed by atoms with Crippen molar-refractivity contribution < 1.29 is 19.1 Å². The van der Waals surface area contributed by atoms with Crippen molar-refractivity contribution >= 4 is 34.9 Å². The molecule has 1 fully saturated rings. The zero-order valence-corrected chi connectivity index (χ0v) is 21.9. The molecule has 0 aromatic heterocycles. The summed E-state index contributed by atoms with van der Waals surface area (Å²) in [5.74, 6) is -0.889. The van der Waals surface area contributed by atoms with Gasteiger partial charge < -0.3 is 15.0 Å². The monoisotopic (exact) mass is 506 g/mol. The molecule has 192 valence electrons. The van der Waals surface area contributed by atoms with E-state index in [1.807, 2.05) is 86.4 Å². The summed E-state index contributed by atoms with van der Waals surface area (Å²) in [7, 11) is 1.57. The van der Waals surface area contributed by atoms with E-state index in [1.54, 1.807) is 31.4 Å².